The molecule has 0 aromatic heterocycles. The van der Waals surface area contributed by atoms with Gasteiger partial charge in [-0.05, 0) is 17.2 Å². The number of amides is 2. The molecule has 3 saturated heterocycles. The average Bonchev–Trinajstić information content (AvgIpc) is 3.76. The molecule has 2 amide bonds. The predicted octanol–water partition coefficient (Wildman–Crippen LogP) is 2.91. The molecular formula is C39H38F3N3O10. The summed E-state index contributed by atoms with van der Waals surface area (Å²) in [5, 5.41) is 15.8. The smallest absolute Gasteiger partial charge is 0.422 e. The van der Waals surface area contributed by atoms with E-state index in [9.17, 15) is 32.3 Å². The number of aliphatic hydroxyl groups is 1. The predicted molar refractivity (Wildman–Crippen MR) is 185 cm³/mol. The molecule has 4 aliphatic rings. The quantitative estimate of drug-likeness (QED) is 0.173. The number of halogens is 3. The first kappa shape index (κ1) is 38.2. The van der Waals surface area contributed by atoms with Crippen molar-refractivity contribution in [3.8, 4) is 0 Å². The Morgan fingerprint density at radius 1 is 0.909 bits per heavy atom. The Kier molecular flexibility index (Phi) is 10.8. The van der Waals surface area contributed by atoms with E-state index in [2.05, 4.69) is 15.4 Å². The lowest BCUT2D eigenvalue weighted by molar-refractivity contribution is -0.213. The van der Waals surface area contributed by atoms with Gasteiger partial charge in [0.2, 0.25) is 17.6 Å². The number of carbonyl (C=O) groups is 4. The van der Waals surface area contributed by atoms with Gasteiger partial charge in [-0.2, -0.15) is 18.2 Å². The van der Waals surface area contributed by atoms with Crippen molar-refractivity contribution in [2.45, 2.75) is 61.8 Å². The summed E-state index contributed by atoms with van der Waals surface area (Å²) in [5.41, 5.74) is 0.940. The van der Waals surface area contributed by atoms with E-state index in [4.69, 9.17) is 24.2 Å². The van der Waals surface area contributed by atoms with Gasteiger partial charge in [0.25, 0.3) is 0 Å². The number of ether oxygens (including phenoxy) is 4. The van der Waals surface area contributed by atoms with E-state index in [1.165, 1.54) is 11.1 Å². The van der Waals surface area contributed by atoms with Crippen LogP contribution >= 0.6 is 0 Å². The molecular weight excluding hydrogens is 727 g/mol. The second kappa shape index (κ2) is 15.5. The van der Waals surface area contributed by atoms with Crippen LogP contribution in [0, 0.1) is 5.41 Å². The summed E-state index contributed by atoms with van der Waals surface area (Å²) in [7, 11) is 0. The number of hydrogen-bond donors (Lipinski definition) is 3. The second-order valence-corrected chi connectivity index (χ2v) is 13.6. The van der Waals surface area contributed by atoms with E-state index >= 15 is 0 Å². The lowest BCUT2D eigenvalue weighted by Gasteiger charge is -2.48. The maximum absolute atomic E-state index is 14.5. The fourth-order valence-electron chi connectivity index (χ4n) is 7.71. The molecule has 1 aliphatic carbocycles. The van der Waals surface area contributed by atoms with Crippen LogP contribution in [0.3, 0.4) is 0 Å². The summed E-state index contributed by atoms with van der Waals surface area (Å²) in [6, 6.07) is 23.9. The molecule has 16 heteroatoms. The van der Waals surface area contributed by atoms with Crippen LogP contribution in [0.2, 0.25) is 0 Å². The van der Waals surface area contributed by atoms with Crippen LogP contribution in [0.5, 0.6) is 0 Å². The third-order valence-corrected chi connectivity index (χ3v) is 10.1. The second-order valence-electron chi connectivity index (χ2n) is 13.6. The Morgan fingerprint density at radius 3 is 2.20 bits per heavy atom. The fourth-order valence-corrected chi connectivity index (χ4v) is 7.71. The molecule has 290 valence electrons. The standard InChI is InChI=1S/C39H38F3N3O10/c40-38(41,42)23-51-30(48)16-15-24-11-13-25(14-12-24)22-45-33-35(49)52-28-21-37(33,36(50)44-18-17-29(47)43-19-20-46)34(55-45)32-31(28)53-39(54-32,26-7-3-1-4-8-26)27-9-5-2-6-10-27/h1-16,28,31-34,46H,17-23H2,(H,43,47)(H,44,50)/t28-,31+,32+,33+,34-,37+/m1/s1. The SMILES string of the molecule is O=C(CCNC(=O)[C@@]12C[C@H]3OC(=O)[C@@H]1N(Cc1ccc(C=CC(=O)OCC(F)(F)F)cc1)O[C@@H]2[C@H]1OC(c2ccccc2)(c2ccccc2)O[C@H]13)NCCO. The number of aliphatic hydroxyl groups excluding tert-OH is 1. The van der Waals surface area contributed by atoms with Crippen LogP contribution in [0.1, 0.15) is 35.1 Å². The molecule has 3 aromatic carbocycles. The number of benzene rings is 3. The van der Waals surface area contributed by atoms with Crippen molar-refractivity contribution in [1.82, 2.24) is 15.7 Å². The van der Waals surface area contributed by atoms with E-state index in [0.29, 0.717) is 22.3 Å². The van der Waals surface area contributed by atoms with Gasteiger partial charge in [-0.3, -0.25) is 19.2 Å². The molecule has 7 rings (SSSR count). The molecule has 13 nitrogen and oxygen atoms in total. The highest BCUT2D eigenvalue weighted by Crippen LogP contribution is 2.59. The number of alkyl halides is 3. The Bertz CT molecular complexity index is 1870. The molecule has 3 aliphatic heterocycles. The van der Waals surface area contributed by atoms with Gasteiger partial charge >= 0.3 is 18.1 Å². The normalized spacial score (nSPS) is 26.6. The van der Waals surface area contributed by atoms with Gasteiger partial charge in [-0.1, -0.05) is 84.9 Å². The Labute approximate surface area is 313 Å². The van der Waals surface area contributed by atoms with Crippen LogP contribution in [0.25, 0.3) is 6.08 Å². The molecule has 2 bridgehead atoms. The number of fused-ring (bicyclic) bond motifs is 4. The summed E-state index contributed by atoms with van der Waals surface area (Å²) in [4.78, 5) is 59.2. The van der Waals surface area contributed by atoms with Gasteiger partial charge in [0.05, 0.1) is 13.2 Å². The van der Waals surface area contributed by atoms with Crippen molar-refractivity contribution < 1.29 is 61.2 Å². The first-order valence-corrected chi connectivity index (χ1v) is 17.7. The Morgan fingerprint density at radius 2 is 1.56 bits per heavy atom. The van der Waals surface area contributed by atoms with Crippen LogP contribution in [0.4, 0.5) is 13.2 Å². The maximum Gasteiger partial charge on any atom is 0.422 e. The number of rotatable bonds is 13. The first-order valence-electron chi connectivity index (χ1n) is 17.7. The molecule has 0 spiro atoms. The number of hydroxylamine groups is 2. The molecule has 6 atom stereocenters. The summed E-state index contributed by atoms with van der Waals surface area (Å²) in [5.74, 6) is -4.21. The van der Waals surface area contributed by atoms with E-state index in [1.54, 1.807) is 24.3 Å². The Hall–Kier alpha value is -5.13. The monoisotopic (exact) mass is 765 g/mol. The highest BCUT2D eigenvalue weighted by Gasteiger charge is 2.76. The summed E-state index contributed by atoms with van der Waals surface area (Å²) in [6.45, 7) is -1.93. The highest BCUT2D eigenvalue weighted by atomic mass is 19.4. The van der Waals surface area contributed by atoms with Crippen LogP contribution in [-0.4, -0.2) is 96.9 Å². The van der Waals surface area contributed by atoms with E-state index < -0.39 is 72.3 Å². The summed E-state index contributed by atoms with van der Waals surface area (Å²) in [6.07, 6.45) is -6.20. The number of hydrogen-bond acceptors (Lipinski definition) is 11. The largest absolute Gasteiger partial charge is 0.458 e. The molecule has 0 radical (unpaired) electrons. The van der Waals surface area contributed by atoms with Crippen LogP contribution in [0.15, 0.2) is 91.0 Å². The van der Waals surface area contributed by atoms with Gasteiger partial charge in [0, 0.05) is 43.1 Å². The lowest BCUT2D eigenvalue weighted by atomic mass is 9.62. The summed E-state index contributed by atoms with van der Waals surface area (Å²) >= 11 is 0. The summed E-state index contributed by atoms with van der Waals surface area (Å²) < 4.78 is 61.2. The van der Waals surface area contributed by atoms with Gasteiger partial charge in [0.1, 0.15) is 29.8 Å². The molecule has 0 unspecified atom stereocenters. The minimum absolute atomic E-state index is 0.00208. The van der Waals surface area contributed by atoms with E-state index in [1.807, 2.05) is 60.7 Å². The highest BCUT2D eigenvalue weighted by molar-refractivity contribution is 5.94. The third kappa shape index (κ3) is 7.60. The van der Waals surface area contributed by atoms with Crippen molar-refractivity contribution >= 4 is 29.8 Å². The van der Waals surface area contributed by atoms with Crippen molar-refractivity contribution in [1.29, 1.82) is 0 Å². The van der Waals surface area contributed by atoms with Crippen molar-refractivity contribution in [3.63, 3.8) is 0 Å². The van der Waals surface area contributed by atoms with Gasteiger partial charge in [0.15, 0.2) is 12.6 Å². The zero-order valence-electron chi connectivity index (χ0n) is 29.3. The van der Waals surface area contributed by atoms with Crippen molar-refractivity contribution in [2.24, 2.45) is 5.41 Å². The molecule has 1 saturated carbocycles. The minimum Gasteiger partial charge on any atom is -0.458 e. The molecule has 3 heterocycles. The van der Waals surface area contributed by atoms with Gasteiger partial charge in [-0.25, -0.2) is 4.79 Å². The van der Waals surface area contributed by atoms with Gasteiger partial charge < -0.3 is 34.7 Å². The number of carbonyl (C=O) groups excluding carboxylic acids is 4. The zero-order chi connectivity index (χ0) is 38.8. The zero-order valence-corrected chi connectivity index (χ0v) is 29.3. The molecule has 55 heavy (non-hydrogen) atoms. The minimum atomic E-state index is -4.65. The first-order chi connectivity index (χ1) is 26.4. The Balaban J connectivity index is 1.18. The lowest BCUT2D eigenvalue weighted by Crippen LogP contribution is -2.69. The van der Waals surface area contributed by atoms with Crippen molar-refractivity contribution in [2.75, 3.05) is 26.3 Å². The van der Waals surface area contributed by atoms with E-state index in [-0.39, 0.29) is 45.0 Å². The van der Waals surface area contributed by atoms with Crippen LogP contribution in [-0.2, 0) is 55.3 Å². The average molecular weight is 766 g/mol. The maximum atomic E-state index is 14.5. The van der Waals surface area contributed by atoms with Crippen LogP contribution < -0.4 is 10.6 Å². The topological polar surface area (TPSA) is 162 Å². The number of esters is 2. The van der Waals surface area contributed by atoms with E-state index in [0.717, 1.165) is 6.08 Å². The molecule has 3 aromatic rings. The number of nitrogens with zero attached hydrogens (tertiary/aromatic N) is 1. The molecule has 4 fully saturated rings. The molecule has 3 N–H and O–H groups in total. The fraction of sp³-hybridized carbons (Fsp3) is 0.385. The van der Waals surface area contributed by atoms with Crippen molar-refractivity contribution in [3.05, 3.63) is 113 Å². The number of nitrogens with one attached hydrogen (secondary N) is 2. The third-order valence-electron chi connectivity index (χ3n) is 10.1. The van der Waals surface area contributed by atoms with Gasteiger partial charge in [-0.15, -0.1) is 0 Å².